The molecule has 0 saturated carbocycles. The van der Waals surface area contributed by atoms with Gasteiger partial charge in [-0.1, -0.05) is 23.2 Å². The number of halogens is 5. The van der Waals surface area contributed by atoms with Crippen molar-refractivity contribution in [3.05, 3.63) is 68.5 Å². The first-order valence-electron chi connectivity index (χ1n) is 8.33. The summed E-state index contributed by atoms with van der Waals surface area (Å²) in [5.41, 5.74) is 14.6. The van der Waals surface area contributed by atoms with E-state index in [0.29, 0.717) is 10.3 Å². The second-order valence-electron chi connectivity index (χ2n) is 5.77. The predicted molar refractivity (Wildman–Crippen MR) is 148 cm³/mol. The molecule has 0 spiro atoms. The highest BCUT2D eigenvalue weighted by molar-refractivity contribution is 14.1. The summed E-state index contributed by atoms with van der Waals surface area (Å²) in [6.07, 6.45) is 0. The molecule has 0 radical (unpaired) electrons. The fraction of sp³-hybridized carbons (Fsp3) is 0.0500. The van der Waals surface area contributed by atoms with Crippen molar-refractivity contribution in [2.75, 3.05) is 11.5 Å². The number of hydrogen-bond acceptors (Lipinski definition) is 5. The quantitative estimate of drug-likeness (QED) is 0.101. The van der Waals surface area contributed by atoms with Crippen molar-refractivity contribution in [3.8, 4) is 0 Å². The molecule has 2 aromatic heterocycles. The number of pyridine rings is 2. The molecule has 0 atom stereocenters. The Balaban J connectivity index is 0.000000249. The molecule has 0 saturated heterocycles. The number of nitrogens with two attached hydrogens (primary N) is 2. The highest BCUT2D eigenvalue weighted by Crippen LogP contribution is 2.25. The van der Waals surface area contributed by atoms with Crippen LogP contribution in [0.4, 0.5) is 11.4 Å². The van der Waals surface area contributed by atoms with Gasteiger partial charge in [-0.2, -0.15) is 0 Å². The summed E-state index contributed by atoms with van der Waals surface area (Å²) in [7, 11) is 4.61. The molecule has 0 unspecified atom stereocenters. The molecule has 31 heavy (non-hydrogen) atoms. The molecule has 5 N–H and O–H groups in total. The molecule has 0 aliphatic heterocycles. The van der Waals surface area contributed by atoms with Gasteiger partial charge in [0.2, 0.25) is 0 Å². The number of rotatable bonds is 0. The molecule has 2 heterocycles. The summed E-state index contributed by atoms with van der Waals surface area (Å²) < 4.78 is 1.03. The van der Waals surface area contributed by atoms with Gasteiger partial charge in [-0.25, -0.2) is 9.97 Å². The number of nitrogens with zero attached hydrogens (tertiary/aromatic N) is 2. The summed E-state index contributed by atoms with van der Waals surface area (Å²) in [6.45, 7) is 1.08. The summed E-state index contributed by atoms with van der Waals surface area (Å²) >= 11 is 15.3. The monoisotopic (exact) mass is 704 g/mol. The van der Waals surface area contributed by atoms with Gasteiger partial charge in [0.05, 0.1) is 11.0 Å². The molecule has 0 amide bonds. The summed E-state index contributed by atoms with van der Waals surface area (Å²) in [6, 6.07) is 16.6. The molecule has 0 bridgehead atoms. The Hall–Kier alpha value is -1.34. The van der Waals surface area contributed by atoms with E-state index in [1.165, 1.54) is 0 Å². The van der Waals surface area contributed by atoms with Crippen molar-refractivity contribution in [2.45, 2.75) is 6.92 Å². The third kappa shape index (κ3) is 9.36. The minimum Gasteiger partial charge on any atom is -0.481 e. The van der Waals surface area contributed by atoms with Crippen LogP contribution < -0.4 is 11.5 Å². The number of benzene rings is 2. The van der Waals surface area contributed by atoms with Crippen molar-refractivity contribution >= 4 is 115 Å². The van der Waals surface area contributed by atoms with Crippen molar-refractivity contribution in [2.24, 2.45) is 0 Å². The van der Waals surface area contributed by atoms with Gasteiger partial charge in [0.1, 0.15) is 10.3 Å². The molecule has 6 nitrogen and oxygen atoms in total. The fourth-order valence-corrected chi connectivity index (χ4v) is 3.22. The van der Waals surface area contributed by atoms with E-state index in [2.05, 4.69) is 41.5 Å². The number of aliphatic carboxylic acids is 1. The zero-order chi connectivity index (χ0) is 23.6. The van der Waals surface area contributed by atoms with E-state index in [1.54, 1.807) is 33.6 Å². The second-order valence-corrected chi connectivity index (χ2v) is 7.63. The number of anilines is 2. The van der Waals surface area contributed by atoms with Crippen LogP contribution in [0, 0.1) is 3.57 Å². The van der Waals surface area contributed by atoms with Crippen LogP contribution in [-0.4, -0.2) is 21.0 Å². The van der Waals surface area contributed by atoms with Crippen molar-refractivity contribution in [1.29, 1.82) is 0 Å². The Morgan fingerprint density at radius 1 is 0.903 bits per heavy atom. The molecular formula is C20H17Cl3I2N4O2. The van der Waals surface area contributed by atoms with Crippen LogP contribution >= 0.6 is 76.2 Å². The molecule has 0 fully saturated rings. The van der Waals surface area contributed by atoms with E-state index in [4.69, 9.17) is 44.6 Å². The van der Waals surface area contributed by atoms with Gasteiger partial charge < -0.3 is 16.6 Å². The SMILES string of the molecule is CC(=O)O.ClI.Nc1ccc2nc(Cl)ccc2c1.Nc1ccc2nc(Cl)ccc2c1I. The molecular weight excluding hydrogens is 688 g/mol. The van der Waals surface area contributed by atoms with Crippen molar-refractivity contribution in [1.82, 2.24) is 9.97 Å². The lowest BCUT2D eigenvalue weighted by Crippen LogP contribution is -1.91. The van der Waals surface area contributed by atoms with Crippen molar-refractivity contribution in [3.63, 3.8) is 0 Å². The number of carboxylic acid groups (broad SMARTS) is 1. The minimum atomic E-state index is -0.833. The number of hydrogen-bond donors (Lipinski definition) is 3. The topological polar surface area (TPSA) is 115 Å². The first-order valence-corrected chi connectivity index (χ1v) is 12.9. The Kier molecular flexibility index (Phi) is 12.5. The minimum absolute atomic E-state index is 0.507. The fourth-order valence-electron chi connectivity index (χ4n) is 2.28. The predicted octanol–water partition coefficient (Wildman–Crippen LogP) is 7.21. The molecule has 2 aromatic carbocycles. The third-order valence-corrected chi connectivity index (χ3v) is 5.11. The van der Waals surface area contributed by atoms with Crippen LogP contribution in [-0.2, 0) is 4.79 Å². The zero-order valence-corrected chi connectivity index (χ0v) is 22.6. The largest absolute Gasteiger partial charge is 0.481 e. The Bertz CT molecular complexity index is 1130. The van der Waals surface area contributed by atoms with Crippen LogP contribution in [0.3, 0.4) is 0 Å². The number of nitrogen functional groups attached to an aromatic ring is 2. The van der Waals surface area contributed by atoms with E-state index in [0.717, 1.165) is 43.7 Å². The average Bonchev–Trinajstić information content (AvgIpc) is 2.72. The number of aromatic nitrogens is 2. The van der Waals surface area contributed by atoms with Gasteiger partial charge in [-0.15, -0.1) is 0 Å². The molecule has 11 heteroatoms. The zero-order valence-electron chi connectivity index (χ0n) is 16.0. The first-order chi connectivity index (χ1) is 14.7. The van der Waals surface area contributed by atoms with Gasteiger partial charge in [0.25, 0.3) is 5.97 Å². The van der Waals surface area contributed by atoms with Crippen LogP contribution in [0.25, 0.3) is 21.8 Å². The van der Waals surface area contributed by atoms with Gasteiger partial charge in [0.15, 0.2) is 0 Å². The highest BCUT2D eigenvalue weighted by Gasteiger charge is 2.03. The van der Waals surface area contributed by atoms with Gasteiger partial charge >= 0.3 is 0 Å². The number of carbonyl (C=O) groups is 1. The number of fused-ring (bicyclic) bond motifs is 2. The van der Waals surface area contributed by atoms with E-state index in [1.807, 2.05) is 42.5 Å². The first kappa shape index (κ1) is 27.7. The van der Waals surface area contributed by atoms with Crippen LogP contribution in [0.15, 0.2) is 54.6 Å². The third-order valence-electron chi connectivity index (χ3n) is 3.48. The van der Waals surface area contributed by atoms with Crippen LogP contribution in [0.1, 0.15) is 6.92 Å². The molecule has 0 aliphatic rings. The lowest BCUT2D eigenvalue weighted by atomic mass is 10.2. The Labute approximate surface area is 220 Å². The van der Waals surface area contributed by atoms with Crippen LogP contribution in [0.2, 0.25) is 10.3 Å². The van der Waals surface area contributed by atoms with Crippen LogP contribution in [0.5, 0.6) is 0 Å². The molecule has 164 valence electrons. The highest BCUT2D eigenvalue weighted by atomic mass is 127. The lowest BCUT2D eigenvalue weighted by molar-refractivity contribution is -0.134. The summed E-state index contributed by atoms with van der Waals surface area (Å²) in [5, 5.41) is 10.5. The molecule has 4 rings (SSSR count). The van der Waals surface area contributed by atoms with Gasteiger partial charge in [0, 0.05) is 54.1 Å². The maximum Gasteiger partial charge on any atom is 0.300 e. The maximum atomic E-state index is 9.00. The average molecular weight is 706 g/mol. The van der Waals surface area contributed by atoms with E-state index in [-0.39, 0.29) is 0 Å². The standard InChI is InChI=1S/C9H6ClIN2.C9H7ClN2.C2H4O2.ClI/c10-8-4-1-5-7(13-8)3-2-6(12)9(5)11;10-9-4-1-6-5-7(11)2-3-8(6)12-9;1-2(3)4;1-2/h1-4H,12H2;1-5H,11H2;1H3,(H,3,4);. The van der Waals surface area contributed by atoms with Gasteiger partial charge in [-0.05, 0) is 86.1 Å². The smallest absolute Gasteiger partial charge is 0.300 e. The van der Waals surface area contributed by atoms with E-state index < -0.39 is 5.97 Å². The van der Waals surface area contributed by atoms with Crippen molar-refractivity contribution < 1.29 is 9.90 Å². The van der Waals surface area contributed by atoms with E-state index >= 15 is 0 Å². The second kappa shape index (κ2) is 13.9. The Morgan fingerprint density at radius 3 is 2.03 bits per heavy atom. The summed E-state index contributed by atoms with van der Waals surface area (Å²) in [4.78, 5) is 17.3. The number of carboxylic acids is 1. The maximum absolute atomic E-state index is 9.00. The van der Waals surface area contributed by atoms with E-state index in [9.17, 15) is 0 Å². The van der Waals surface area contributed by atoms with Gasteiger partial charge in [-0.3, -0.25) is 4.79 Å². The molecule has 0 aliphatic carbocycles. The molecule has 4 aromatic rings. The normalized spacial score (nSPS) is 9.48. The summed E-state index contributed by atoms with van der Waals surface area (Å²) in [5.74, 6) is -0.833. The lowest BCUT2D eigenvalue weighted by Gasteiger charge is -2.02. The Morgan fingerprint density at radius 2 is 1.42 bits per heavy atom.